The van der Waals surface area contributed by atoms with Crippen molar-refractivity contribution in [1.82, 2.24) is 10.2 Å². The Morgan fingerprint density at radius 2 is 1.88 bits per heavy atom. The van der Waals surface area contributed by atoms with Gasteiger partial charge in [-0.15, -0.1) is 0 Å². The predicted molar refractivity (Wildman–Crippen MR) is 69.4 cm³/mol. The van der Waals surface area contributed by atoms with Gasteiger partial charge in [-0.1, -0.05) is 6.07 Å². The van der Waals surface area contributed by atoms with Gasteiger partial charge in [0.2, 0.25) is 0 Å². The van der Waals surface area contributed by atoms with Crippen LogP contribution in [0.3, 0.4) is 0 Å². The summed E-state index contributed by atoms with van der Waals surface area (Å²) in [6.07, 6.45) is 1.03. The first-order chi connectivity index (χ1) is 8.07. The molecular weight excluding hydrogens is 216 g/mol. The lowest BCUT2D eigenvalue weighted by Gasteiger charge is -2.26. The van der Waals surface area contributed by atoms with Crippen LogP contribution in [-0.4, -0.2) is 42.3 Å². The number of rotatable bonds is 6. The smallest absolute Gasteiger partial charge is 0.124 e. The number of nitrogens with one attached hydrogen (secondary N) is 1. The maximum atomic E-state index is 9.78. The number of phenolic OH excluding ortho intramolecular Hbond substituents is 2. The lowest BCUT2D eigenvalue weighted by atomic mass is 10.0. The molecule has 1 atom stereocenters. The van der Waals surface area contributed by atoms with E-state index in [2.05, 4.69) is 10.2 Å². The van der Waals surface area contributed by atoms with Crippen molar-refractivity contribution >= 4 is 0 Å². The third kappa shape index (κ3) is 3.61. The fraction of sp³-hybridized carbons (Fsp3) is 0.538. The fourth-order valence-corrected chi connectivity index (χ4v) is 1.89. The molecule has 1 unspecified atom stereocenters. The number of phenols is 2. The zero-order valence-corrected chi connectivity index (χ0v) is 10.8. The molecule has 0 fully saturated rings. The highest BCUT2D eigenvalue weighted by Gasteiger charge is 2.18. The maximum Gasteiger partial charge on any atom is 0.124 e. The third-order valence-electron chi connectivity index (χ3n) is 3.08. The quantitative estimate of drug-likeness (QED) is 0.660. The second-order valence-electron chi connectivity index (χ2n) is 4.32. The van der Waals surface area contributed by atoms with Crippen molar-refractivity contribution in [3.05, 3.63) is 23.8 Å². The Hall–Kier alpha value is -1.26. The molecule has 0 bridgehead atoms. The van der Waals surface area contributed by atoms with Crippen LogP contribution < -0.4 is 5.32 Å². The van der Waals surface area contributed by atoms with E-state index in [0.717, 1.165) is 19.5 Å². The van der Waals surface area contributed by atoms with Crippen LogP contribution in [0.25, 0.3) is 0 Å². The van der Waals surface area contributed by atoms with Crippen molar-refractivity contribution in [2.45, 2.75) is 19.4 Å². The van der Waals surface area contributed by atoms with E-state index in [1.807, 2.05) is 21.0 Å². The van der Waals surface area contributed by atoms with E-state index in [0.29, 0.717) is 5.56 Å². The summed E-state index contributed by atoms with van der Waals surface area (Å²) in [5.74, 6) is 0.302. The summed E-state index contributed by atoms with van der Waals surface area (Å²) < 4.78 is 0. The minimum absolute atomic E-state index is 0.00643. The van der Waals surface area contributed by atoms with Gasteiger partial charge >= 0.3 is 0 Å². The molecule has 0 heterocycles. The molecule has 0 aromatic heterocycles. The molecule has 0 aliphatic heterocycles. The van der Waals surface area contributed by atoms with Crippen LogP contribution in [0, 0.1) is 0 Å². The molecule has 0 radical (unpaired) electrons. The highest BCUT2D eigenvalue weighted by atomic mass is 16.3. The first-order valence-corrected chi connectivity index (χ1v) is 5.93. The Morgan fingerprint density at radius 3 is 2.41 bits per heavy atom. The molecule has 1 rings (SSSR count). The van der Waals surface area contributed by atoms with Crippen LogP contribution in [0.5, 0.6) is 11.5 Å². The standard InChI is InChI=1S/C13H22N2O2/c1-10(15(3)9-5-8-14-2)13-11(16)6-4-7-12(13)17/h4,6-7,10,14,16-17H,5,8-9H2,1-3H3. The van der Waals surface area contributed by atoms with E-state index >= 15 is 0 Å². The largest absolute Gasteiger partial charge is 0.507 e. The van der Waals surface area contributed by atoms with Gasteiger partial charge in [0.05, 0.1) is 5.56 Å². The molecular formula is C13H22N2O2. The summed E-state index contributed by atoms with van der Waals surface area (Å²) in [6, 6.07) is 4.84. The van der Waals surface area contributed by atoms with Crippen LogP contribution in [0.2, 0.25) is 0 Å². The first kappa shape index (κ1) is 13.8. The van der Waals surface area contributed by atoms with E-state index in [1.165, 1.54) is 0 Å². The Balaban J connectivity index is 2.71. The van der Waals surface area contributed by atoms with Crippen LogP contribution >= 0.6 is 0 Å². The Bertz CT molecular complexity index is 335. The molecule has 0 saturated heterocycles. The molecule has 0 amide bonds. The van der Waals surface area contributed by atoms with Crippen LogP contribution in [0.15, 0.2) is 18.2 Å². The topological polar surface area (TPSA) is 55.7 Å². The summed E-state index contributed by atoms with van der Waals surface area (Å²) in [5.41, 5.74) is 0.597. The van der Waals surface area contributed by atoms with Crippen LogP contribution in [0.4, 0.5) is 0 Å². The summed E-state index contributed by atoms with van der Waals surface area (Å²) in [7, 11) is 3.92. The van der Waals surface area contributed by atoms with Crippen molar-refractivity contribution in [3.8, 4) is 11.5 Å². The van der Waals surface area contributed by atoms with Gasteiger partial charge in [-0.3, -0.25) is 4.90 Å². The molecule has 1 aromatic rings. The Labute approximate surface area is 103 Å². The van der Waals surface area contributed by atoms with Crippen molar-refractivity contribution in [1.29, 1.82) is 0 Å². The van der Waals surface area contributed by atoms with E-state index in [4.69, 9.17) is 0 Å². The van der Waals surface area contributed by atoms with Gasteiger partial charge in [0.1, 0.15) is 11.5 Å². The molecule has 4 heteroatoms. The van der Waals surface area contributed by atoms with Crippen molar-refractivity contribution in [2.75, 3.05) is 27.2 Å². The van der Waals surface area contributed by atoms with Gasteiger partial charge in [-0.25, -0.2) is 0 Å². The summed E-state index contributed by atoms with van der Waals surface area (Å²) >= 11 is 0. The monoisotopic (exact) mass is 238 g/mol. The van der Waals surface area contributed by atoms with Crippen LogP contribution in [0.1, 0.15) is 24.9 Å². The molecule has 96 valence electrons. The predicted octanol–water partition coefficient (Wildman–Crippen LogP) is 1.70. The molecule has 4 nitrogen and oxygen atoms in total. The zero-order valence-electron chi connectivity index (χ0n) is 10.8. The molecule has 0 saturated carbocycles. The van der Waals surface area contributed by atoms with Crippen molar-refractivity contribution < 1.29 is 10.2 Å². The van der Waals surface area contributed by atoms with E-state index < -0.39 is 0 Å². The van der Waals surface area contributed by atoms with Crippen molar-refractivity contribution in [3.63, 3.8) is 0 Å². The molecule has 3 N–H and O–H groups in total. The van der Waals surface area contributed by atoms with E-state index in [-0.39, 0.29) is 17.5 Å². The molecule has 0 spiro atoms. The SMILES string of the molecule is CNCCCN(C)C(C)c1c(O)cccc1O. The van der Waals surface area contributed by atoms with Crippen LogP contribution in [-0.2, 0) is 0 Å². The van der Waals surface area contributed by atoms with Crippen molar-refractivity contribution in [2.24, 2.45) is 0 Å². The lowest BCUT2D eigenvalue weighted by molar-refractivity contribution is 0.247. The number of nitrogens with zero attached hydrogens (tertiary/aromatic N) is 1. The second-order valence-corrected chi connectivity index (χ2v) is 4.32. The Morgan fingerprint density at radius 1 is 1.29 bits per heavy atom. The number of aromatic hydroxyl groups is 2. The highest BCUT2D eigenvalue weighted by molar-refractivity contribution is 5.44. The first-order valence-electron chi connectivity index (χ1n) is 5.93. The second kappa shape index (κ2) is 6.47. The molecule has 0 aliphatic rings. The molecule has 17 heavy (non-hydrogen) atoms. The number of hydrogen-bond donors (Lipinski definition) is 3. The average molecular weight is 238 g/mol. The zero-order chi connectivity index (χ0) is 12.8. The van der Waals surface area contributed by atoms with Gasteiger partial charge in [0.15, 0.2) is 0 Å². The minimum Gasteiger partial charge on any atom is -0.507 e. The van der Waals surface area contributed by atoms with E-state index in [9.17, 15) is 10.2 Å². The fourth-order valence-electron chi connectivity index (χ4n) is 1.89. The van der Waals surface area contributed by atoms with Gasteiger partial charge < -0.3 is 15.5 Å². The summed E-state index contributed by atoms with van der Waals surface area (Å²) in [6.45, 7) is 3.85. The third-order valence-corrected chi connectivity index (χ3v) is 3.08. The maximum absolute atomic E-state index is 9.78. The summed E-state index contributed by atoms with van der Waals surface area (Å²) in [5, 5.41) is 22.7. The van der Waals surface area contributed by atoms with Gasteiger partial charge in [0, 0.05) is 6.04 Å². The number of hydrogen-bond acceptors (Lipinski definition) is 4. The highest BCUT2D eigenvalue weighted by Crippen LogP contribution is 2.34. The normalized spacial score (nSPS) is 12.9. The lowest BCUT2D eigenvalue weighted by Crippen LogP contribution is -2.26. The minimum atomic E-state index is -0.00643. The van der Waals surface area contributed by atoms with Gasteiger partial charge in [0.25, 0.3) is 0 Å². The Kier molecular flexibility index (Phi) is 5.25. The molecule has 0 aliphatic carbocycles. The average Bonchev–Trinajstić information content (AvgIpc) is 2.28. The van der Waals surface area contributed by atoms with E-state index in [1.54, 1.807) is 18.2 Å². The molecule has 1 aromatic carbocycles. The van der Waals surface area contributed by atoms with Gasteiger partial charge in [-0.05, 0) is 52.7 Å². The summed E-state index contributed by atoms with van der Waals surface area (Å²) in [4.78, 5) is 2.12. The van der Waals surface area contributed by atoms with Gasteiger partial charge in [-0.2, -0.15) is 0 Å². The number of benzene rings is 1.